The van der Waals surface area contributed by atoms with E-state index in [1.807, 2.05) is 26.0 Å². The second kappa shape index (κ2) is 9.13. The van der Waals surface area contributed by atoms with Gasteiger partial charge in [-0.3, -0.25) is 4.79 Å². The van der Waals surface area contributed by atoms with Crippen molar-refractivity contribution in [2.75, 3.05) is 14.1 Å². The molecular formula is C16H31NO2. The monoisotopic (exact) mass is 269 g/mol. The lowest BCUT2D eigenvalue weighted by Crippen LogP contribution is -2.27. The van der Waals surface area contributed by atoms with Crippen LogP contribution in [0.25, 0.3) is 0 Å². The number of unbranched alkanes of at least 4 members (excludes halogenated alkanes) is 3. The summed E-state index contributed by atoms with van der Waals surface area (Å²) in [6.07, 6.45) is 9.45. The Labute approximate surface area is 118 Å². The zero-order valence-electron chi connectivity index (χ0n) is 13.3. The van der Waals surface area contributed by atoms with Crippen LogP contribution in [0, 0.1) is 5.41 Å². The van der Waals surface area contributed by atoms with Crippen LogP contribution in [0.3, 0.4) is 0 Å². The number of rotatable bonds is 9. The molecular weight excluding hydrogens is 238 g/mol. The van der Waals surface area contributed by atoms with Crippen molar-refractivity contribution in [3.63, 3.8) is 0 Å². The molecule has 0 heterocycles. The molecule has 0 saturated carbocycles. The molecule has 112 valence electrons. The van der Waals surface area contributed by atoms with Crippen molar-refractivity contribution in [2.45, 2.75) is 65.4 Å². The highest BCUT2D eigenvalue weighted by Crippen LogP contribution is 2.26. The fraction of sp³-hybridized carbons (Fsp3) is 0.812. The number of carbonyl (C=O) groups is 1. The summed E-state index contributed by atoms with van der Waals surface area (Å²) in [5, 5.41) is 10.2. The van der Waals surface area contributed by atoms with E-state index in [1.165, 1.54) is 19.3 Å². The first-order chi connectivity index (χ1) is 8.81. The van der Waals surface area contributed by atoms with Gasteiger partial charge in [-0.2, -0.15) is 0 Å². The van der Waals surface area contributed by atoms with Crippen molar-refractivity contribution < 1.29 is 9.90 Å². The lowest BCUT2D eigenvalue weighted by Gasteiger charge is -2.27. The number of aliphatic hydroxyl groups excluding tert-OH is 1. The molecule has 0 aliphatic heterocycles. The summed E-state index contributed by atoms with van der Waals surface area (Å²) < 4.78 is 0. The summed E-state index contributed by atoms with van der Waals surface area (Å²) in [6, 6.07) is 0. The van der Waals surface area contributed by atoms with Crippen LogP contribution < -0.4 is 0 Å². The number of carbonyl (C=O) groups excluding carboxylic acids is 1. The Hall–Kier alpha value is -0.830. The molecule has 1 N–H and O–H groups in total. The maximum absolute atomic E-state index is 11.5. The minimum absolute atomic E-state index is 0.0875. The van der Waals surface area contributed by atoms with E-state index in [1.54, 1.807) is 19.0 Å². The SMILES string of the molecule is CCCCCC[C@@H](O)C(C)(C)/C=C/CC(=O)N(C)C. The Morgan fingerprint density at radius 2 is 1.89 bits per heavy atom. The standard InChI is InChI=1S/C16H31NO2/c1-6-7-8-9-11-14(18)16(2,3)13-10-12-15(19)17(4)5/h10,13-14,18H,6-9,11-12H2,1-5H3/b13-10+/t14-/m1/s1. The second-order valence-corrected chi connectivity index (χ2v) is 6.08. The van der Waals surface area contributed by atoms with Crippen LogP contribution in [-0.4, -0.2) is 36.1 Å². The fourth-order valence-electron chi connectivity index (χ4n) is 1.89. The van der Waals surface area contributed by atoms with Gasteiger partial charge in [-0.25, -0.2) is 0 Å². The van der Waals surface area contributed by atoms with E-state index in [-0.39, 0.29) is 17.4 Å². The van der Waals surface area contributed by atoms with Crippen LogP contribution in [0.2, 0.25) is 0 Å². The second-order valence-electron chi connectivity index (χ2n) is 6.08. The van der Waals surface area contributed by atoms with Crippen molar-refractivity contribution >= 4 is 5.91 Å². The Morgan fingerprint density at radius 3 is 2.42 bits per heavy atom. The van der Waals surface area contributed by atoms with E-state index in [4.69, 9.17) is 0 Å². The molecule has 0 aromatic heterocycles. The van der Waals surface area contributed by atoms with E-state index >= 15 is 0 Å². The van der Waals surface area contributed by atoms with E-state index < -0.39 is 0 Å². The summed E-state index contributed by atoms with van der Waals surface area (Å²) in [7, 11) is 3.51. The van der Waals surface area contributed by atoms with Gasteiger partial charge in [0.1, 0.15) is 0 Å². The average Bonchev–Trinajstić information content (AvgIpc) is 2.33. The average molecular weight is 269 g/mol. The number of amides is 1. The van der Waals surface area contributed by atoms with Crippen LogP contribution >= 0.6 is 0 Å². The van der Waals surface area contributed by atoms with Crippen LogP contribution in [0.1, 0.15) is 59.3 Å². The summed E-state index contributed by atoms with van der Waals surface area (Å²) in [5.41, 5.74) is -0.265. The summed E-state index contributed by atoms with van der Waals surface area (Å²) in [4.78, 5) is 13.0. The third-order valence-corrected chi connectivity index (χ3v) is 3.53. The first-order valence-electron chi connectivity index (χ1n) is 7.37. The van der Waals surface area contributed by atoms with E-state index in [0.29, 0.717) is 6.42 Å². The Balaban J connectivity index is 4.13. The molecule has 0 aromatic carbocycles. The van der Waals surface area contributed by atoms with Gasteiger partial charge >= 0.3 is 0 Å². The molecule has 0 bridgehead atoms. The van der Waals surface area contributed by atoms with Crippen molar-refractivity contribution in [1.82, 2.24) is 4.90 Å². The van der Waals surface area contributed by atoms with Gasteiger partial charge in [0.25, 0.3) is 0 Å². The molecule has 3 heteroatoms. The van der Waals surface area contributed by atoms with Gasteiger partial charge in [0, 0.05) is 25.9 Å². The smallest absolute Gasteiger partial charge is 0.225 e. The highest BCUT2D eigenvalue weighted by atomic mass is 16.3. The Kier molecular flexibility index (Phi) is 8.73. The Bertz CT molecular complexity index is 282. The van der Waals surface area contributed by atoms with Gasteiger partial charge in [-0.05, 0) is 6.42 Å². The molecule has 1 amide bonds. The van der Waals surface area contributed by atoms with E-state index in [9.17, 15) is 9.90 Å². The first kappa shape index (κ1) is 18.2. The lowest BCUT2D eigenvalue weighted by molar-refractivity contribution is -0.127. The lowest BCUT2D eigenvalue weighted by atomic mass is 9.83. The van der Waals surface area contributed by atoms with Gasteiger partial charge in [0.05, 0.1) is 6.10 Å². The zero-order valence-corrected chi connectivity index (χ0v) is 13.3. The molecule has 19 heavy (non-hydrogen) atoms. The largest absolute Gasteiger partial charge is 0.392 e. The summed E-state index contributed by atoms with van der Waals surface area (Å²) in [6.45, 7) is 6.23. The third-order valence-electron chi connectivity index (χ3n) is 3.53. The zero-order chi connectivity index (χ0) is 14.9. The predicted molar refractivity (Wildman–Crippen MR) is 81.0 cm³/mol. The number of hydrogen-bond acceptors (Lipinski definition) is 2. The molecule has 0 aliphatic carbocycles. The van der Waals surface area contributed by atoms with Gasteiger partial charge in [0.15, 0.2) is 0 Å². The summed E-state index contributed by atoms with van der Waals surface area (Å²) in [5.74, 6) is 0.0875. The fourth-order valence-corrected chi connectivity index (χ4v) is 1.89. The molecule has 1 atom stereocenters. The van der Waals surface area contributed by atoms with Crippen LogP contribution in [0.15, 0.2) is 12.2 Å². The molecule has 0 fully saturated rings. The highest BCUT2D eigenvalue weighted by Gasteiger charge is 2.24. The maximum Gasteiger partial charge on any atom is 0.225 e. The highest BCUT2D eigenvalue weighted by molar-refractivity contribution is 5.77. The van der Waals surface area contributed by atoms with Gasteiger partial charge < -0.3 is 10.0 Å². The molecule has 0 unspecified atom stereocenters. The number of nitrogens with zero attached hydrogens (tertiary/aromatic N) is 1. The topological polar surface area (TPSA) is 40.5 Å². The van der Waals surface area contributed by atoms with E-state index in [0.717, 1.165) is 12.8 Å². The van der Waals surface area contributed by atoms with E-state index in [2.05, 4.69) is 6.92 Å². The molecule has 0 aliphatic rings. The van der Waals surface area contributed by atoms with Gasteiger partial charge in [-0.1, -0.05) is 58.6 Å². The molecule has 3 nitrogen and oxygen atoms in total. The Morgan fingerprint density at radius 1 is 1.26 bits per heavy atom. The van der Waals surface area contributed by atoms with Crippen molar-refractivity contribution in [1.29, 1.82) is 0 Å². The maximum atomic E-state index is 11.5. The van der Waals surface area contributed by atoms with Crippen molar-refractivity contribution in [2.24, 2.45) is 5.41 Å². The van der Waals surface area contributed by atoms with Crippen LogP contribution in [0.5, 0.6) is 0 Å². The summed E-state index contributed by atoms with van der Waals surface area (Å²) >= 11 is 0. The van der Waals surface area contributed by atoms with Crippen molar-refractivity contribution in [3.05, 3.63) is 12.2 Å². The van der Waals surface area contributed by atoms with Crippen LogP contribution in [0.4, 0.5) is 0 Å². The quantitative estimate of drug-likeness (QED) is 0.515. The first-order valence-corrected chi connectivity index (χ1v) is 7.37. The molecule has 0 spiro atoms. The minimum atomic E-state index is -0.338. The third kappa shape index (κ3) is 8.04. The van der Waals surface area contributed by atoms with Gasteiger partial charge in [-0.15, -0.1) is 0 Å². The molecule has 0 rings (SSSR count). The molecule has 0 aromatic rings. The number of hydrogen-bond donors (Lipinski definition) is 1. The number of aliphatic hydroxyl groups is 1. The van der Waals surface area contributed by atoms with Crippen LogP contribution in [-0.2, 0) is 4.79 Å². The molecule has 0 saturated heterocycles. The van der Waals surface area contributed by atoms with Gasteiger partial charge in [0.2, 0.25) is 5.91 Å². The molecule has 0 radical (unpaired) electrons. The predicted octanol–water partition coefficient (Wildman–Crippen LogP) is 3.38. The minimum Gasteiger partial charge on any atom is -0.392 e. The normalized spacial score (nSPS) is 13.8. The van der Waals surface area contributed by atoms with Crippen molar-refractivity contribution in [3.8, 4) is 0 Å².